The van der Waals surface area contributed by atoms with Crippen LogP contribution in [0.25, 0.3) is 0 Å². The highest BCUT2D eigenvalue weighted by Crippen LogP contribution is 2.37. The molecular formula is C23H24N2O5. The number of nitrogens with zero attached hydrogens (tertiary/aromatic N) is 2. The number of hydrogen-bond donors (Lipinski definition) is 0. The Morgan fingerprint density at radius 3 is 2.73 bits per heavy atom. The van der Waals surface area contributed by atoms with Crippen molar-refractivity contribution in [1.82, 2.24) is 4.90 Å². The van der Waals surface area contributed by atoms with E-state index in [9.17, 15) is 9.59 Å². The third kappa shape index (κ3) is 3.96. The quantitative estimate of drug-likeness (QED) is 0.659. The van der Waals surface area contributed by atoms with E-state index >= 15 is 0 Å². The molecule has 0 aliphatic carbocycles. The number of ether oxygens (including phenoxy) is 3. The minimum Gasteiger partial charge on any atom is -0.497 e. The number of hydrogen-bond acceptors (Lipinski definition) is 5. The molecule has 0 spiro atoms. The Labute approximate surface area is 175 Å². The first-order valence-electron chi connectivity index (χ1n) is 9.81. The van der Waals surface area contributed by atoms with Crippen molar-refractivity contribution in [2.24, 2.45) is 5.92 Å². The molecule has 7 heteroatoms. The van der Waals surface area contributed by atoms with E-state index in [0.29, 0.717) is 36.8 Å². The lowest BCUT2D eigenvalue weighted by atomic mass is 10.1. The molecule has 1 fully saturated rings. The van der Waals surface area contributed by atoms with E-state index in [0.717, 1.165) is 11.3 Å². The SMILES string of the molecule is C=CCN(Cc1ccc(OC)cc1)C(=O)C1CC(=O)N(c2ccc3c(c2)OCO3)C1. The summed E-state index contributed by atoms with van der Waals surface area (Å²) in [7, 11) is 1.62. The topological polar surface area (TPSA) is 68.3 Å². The molecule has 1 atom stereocenters. The van der Waals surface area contributed by atoms with Gasteiger partial charge in [-0.2, -0.15) is 0 Å². The lowest BCUT2D eigenvalue weighted by Gasteiger charge is -2.25. The van der Waals surface area contributed by atoms with E-state index in [4.69, 9.17) is 14.2 Å². The Kier molecular flexibility index (Phi) is 5.61. The van der Waals surface area contributed by atoms with Gasteiger partial charge in [-0.3, -0.25) is 9.59 Å². The normalized spacial score (nSPS) is 17.2. The second kappa shape index (κ2) is 8.49. The summed E-state index contributed by atoms with van der Waals surface area (Å²) in [5, 5.41) is 0. The summed E-state index contributed by atoms with van der Waals surface area (Å²) in [5.41, 5.74) is 1.70. The Morgan fingerprint density at radius 2 is 2.00 bits per heavy atom. The van der Waals surface area contributed by atoms with Crippen LogP contribution in [-0.4, -0.2) is 43.7 Å². The van der Waals surface area contributed by atoms with Crippen LogP contribution < -0.4 is 19.1 Å². The summed E-state index contributed by atoms with van der Waals surface area (Å²) in [4.78, 5) is 29.2. The van der Waals surface area contributed by atoms with Crippen LogP contribution >= 0.6 is 0 Å². The third-order valence-electron chi connectivity index (χ3n) is 5.34. The van der Waals surface area contributed by atoms with Gasteiger partial charge in [0.05, 0.1) is 13.0 Å². The molecule has 4 rings (SSSR count). The number of carbonyl (C=O) groups is 2. The highest BCUT2D eigenvalue weighted by Gasteiger charge is 2.37. The molecule has 7 nitrogen and oxygen atoms in total. The first-order chi connectivity index (χ1) is 14.6. The van der Waals surface area contributed by atoms with Crippen LogP contribution in [0.1, 0.15) is 12.0 Å². The van der Waals surface area contributed by atoms with Gasteiger partial charge in [-0.1, -0.05) is 18.2 Å². The molecule has 2 heterocycles. The fourth-order valence-electron chi connectivity index (χ4n) is 3.77. The molecule has 0 bridgehead atoms. The van der Waals surface area contributed by atoms with Gasteiger partial charge >= 0.3 is 0 Å². The van der Waals surface area contributed by atoms with Crippen molar-refractivity contribution in [3.63, 3.8) is 0 Å². The lowest BCUT2D eigenvalue weighted by Crippen LogP contribution is -2.37. The number of fused-ring (bicyclic) bond motifs is 1. The fraction of sp³-hybridized carbons (Fsp3) is 0.304. The van der Waals surface area contributed by atoms with Crippen LogP contribution in [-0.2, 0) is 16.1 Å². The van der Waals surface area contributed by atoms with Crippen LogP contribution in [0, 0.1) is 5.92 Å². The average molecular weight is 408 g/mol. The predicted molar refractivity (Wildman–Crippen MR) is 112 cm³/mol. The van der Waals surface area contributed by atoms with Gasteiger partial charge in [-0.15, -0.1) is 6.58 Å². The second-order valence-corrected chi connectivity index (χ2v) is 7.30. The predicted octanol–water partition coefficient (Wildman–Crippen LogP) is 2.99. The summed E-state index contributed by atoms with van der Waals surface area (Å²) in [6.45, 7) is 5.15. The van der Waals surface area contributed by atoms with Gasteiger partial charge in [0.1, 0.15) is 5.75 Å². The van der Waals surface area contributed by atoms with Crippen LogP contribution in [0.3, 0.4) is 0 Å². The van der Waals surface area contributed by atoms with Gasteiger partial charge in [-0.05, 0) is 29.8 Å². The first kappa shape index (κ1) is 19.8. The standard InChI is InChI=1S/C23H24N2O5/c1-3-10-24(13-16-4-7-19(28-2)8-5-16)23(27)17-11-22(26)25(14-17)18-6-9-20-21(12-18)30-15-29-20/h3-9,12,17H,1,10-11,13-15H2,2H3. The molecular weight excluding hydrogens is 384 g/mol. The maximum absolute atomic E-state index is 13.2. The largest absolute Gasteiger partial charge is 0.497 e. The van der Waals surface area contributed by atoms with E-state index < -0.39 is 5.92 Å². The molecule has 156 valence electrons. The minimum absolute atomic E-state index is 0.0534. The minimum atomic E-state index is -0.402. The molecule has 2 aromatic carbocycles. The Bertz CT molecular complexity index is 957. The summed E-state index contributed by atoms with van der Waals surface area (Å²) in [6, 6.07) is 13.0. The lowest BCUT2D eigenvalue weighted by molar-refractivity contribution is -0.135. The molecule has 2 aliphatic rings. The zero-order valence-electron chi connectivity index (χ0n) is 16.9. The van der Waals surface area contributed by atoms with Gasteiger partial charge in [0.25, 0.3) is 0 Å². The molecule has 1 saturated heterocycles. The Balaban J connectivity index is 1.46. The van der Waals surface area contributed by atoms with Crippen molar-refractivity contribution in [1.29, 1.82) is 0 Å². The maximum Gasteiger partial charge on any atom is 0.231 e. The molecule has 0 radical (unpaired) electrons. The van der Waals surface area contributed by atoms with Crippen molar-refractivity contribution < 1.29 is 23.8 Å². The zero-order valence-corrected chi connectivity index (χ0v) is 16.9. The van der Waals surface area contributed by atoms with Crippen molar-refractivity contribution in [3.05, 3.63) is 60.7 Å². The van der Waals surface area contributed by atoms with Crippen LogP contribution in [0.4, 0.5) is 5.69 Å². The van der Waals surface area contributed by atoms with Crippen LogP contribution in [0.15, 0.2) is 55.1 Å². The Morgan fingerprint density at radius 1 is 1.23 bits per heavy atom. The van der Waals surface area contributed by atoms with Crippen molar-refractivity contribution in [2.75, 3.05) is 31.9 Å². The third-order valence-corrected chi connectivity index (χ3v) is 5.34. The molecule has 2 aliphatic heterocycles. The summed E-state index contributed by atoms with van der Waals surface area (Å²) in [6.07, 6.45) is 1.89. The van der Waals surface area contributed by atoms with E-state index in [-0.39, 0.29) is 25.0 Å². The van der Waals surface area contributed by atoms with Gasteiger partial charge in [0.15, 0.2) is 11.5 Å². The Hall–Kier alpha value is -3.48. The van der Waals surface area contributed by atoms with Gasteiger partial charge < -0.3 is 24.0 Å². The first-order valence-corrected chi connectivity index (χ1v) is 9.81. The molecule has 1 unspecified atom stereocenters. The van der Waals surface area contributed by atoms with Gasteiger partial charge in [-0.25, -0.2) is 0 Å². The van der Waals surface area contributed by atoms with Crippen molar-refractivity contribution >= 4 is 17.5 Å². The number of rotatable bonds is 7. The van der Waals surface area contributed by atoms with E-state index in [1.807, 2.05) is 30.3 Å². The fourth-order valence-corrected chi connectivity index (χ4v) is 3.77. The molecule has 2 aromatic rings. The number of carbonyl (C=O) groups excluding carboxylic acids is 2. The van der Waals surface area contributed by atoms with Gasteiger partial charge in [0, 0.05) is 37.8 Å². The second-order valence-electron chi connectivity index (χ2n) is 7.30. The number of amides is 2. The summed E-state index contributed by atoms with van der Waals surface area (Å²) < 4.78 is 15.9. The van der Waals surface area contributed by atoms with Crippen LogP contribution in [0.2, 0.25) is 0 Å². The average Bonchev–Trinajstić information content (AvgIpc) is 3.39. The van der Waals surface area contributed by atoms with Crippen molar-refractivity contribution in [2.45, 2.75) is 13.0 Å². The number of benzene rings is 2. The van der Waals surface area contributed by atoms with E-state index in [2.05, 4.69) is 6.58 Å². The van der Waals surface area contributed by atoms with E-state index in [1.165, 1.54) is 0 Å². The maximum atomic E-state index is 13.2. The summed E-state index contributed by atoms with van der Waals surface area (Å²) in [5.74, 6) is 1.51. The molecule has 2 amide bonds. The molecule has 0 N–H and O–H groups in total. The zero-order chi connectivity index (χ0) is 21.1. The molecule has 0 saturated carbocycles. The van der Waals surface area contributed by atoms with Crippen LogP contribution in [0.5, 0.6) is 17.2 Å². The highest BCUT2D eigenvalue weighted by molar-refractivity contribution is 6.00. The number of methoxy groups -OCH3 is 1. The molecule has 30 heavy (non-hydrogen) atoms. The van der Waals surface area contributed by atoms with Gasteiger partial charge in [0.2, 0.25) is 18.6 Å². The highest BCUT2D eigenvalue weighted by atomic mass is 16.7. The van der Waals surface area contributed by atoms with E-state index in [1.54, 1.807) is 35.1 Å². The smallest absolute Gasteiger partial charge is 0.231 e. The number of anilines is 1. The monoisotopic (exact) mass is 408 g/mol. The molecule has 0 aromatic heterocycles. The van der Waals surface area contributed by atoms with Crippen molar-refractivity contribution in [3.8, 4) is 17.2 Å². The summed E-state index contributed by atoms with van der Waals surface area (Å²) >= 11 is 0.